The van der Waals surface area contributed by atoms with Gasteiger partial charge in [0.15, 0.2) is 10.5 Å². The van der Waals surface area contributed by atoms with Crippen molar-refractivity contribution < 1.29 is 27.4 Å². The number of rotatable bonds is 7. The Bertz CT molecular complexity index is 1960. The molecule has 1 aliphatic rings. The minimum Gasteiger partial charge on any atom is -0.487 e. The first kappa shape index (κ1) is 32.5. The number of allylic oxidation sites excluding steroid dienone is 1. The van der Waals surface area contributed by atoms with Gasteiger partial charge in [-0.2, -0.15) is 13.2 Å². The molecular formula is C30H19Br2Cl2F3N2O4S. The summed E-state index contributed by atoms with van der Waals surface area (Å²) in [5.74, 6) is -0.835. The lowest BCUT2D eigenvalue weighted by Gasteiger charge is -2.26. The number of fused-ring (bicyclic) bond motifs is 1. The molecule has 0 radical (unpaired) electrons. The van der Waals surface area contributed by atoms with Crippen molar-refractivity contribution in [2.75, 3.05) is 6.61 Å². The number of aromatic nitrogens is 1. The van der Waals surface area contributed by atoms with Crippen LogP contribution in [0.4, 0.5) is 13.2 Å². The second-order valence-electron chi connectivity index (χ2n) is 9.34. The molecule has 44 heavy (non-hydrogen) atoms. The molecule has 0 aliphatic carbocycles. The summed E-state index contributed by atoms with van der Waals surface area (Å²) in [6.45, 7) is 1.47. The summed E-state index contributed by atoms with van der Waals surface area (Å²) < 4.78 is 56.6. The van der Waals surface area contributed by atoms with E-state index in [1.54, 1.807) is 24.3 Å². The summed E-state index contributed by atoms with van der Waals surface area (Å²) in [4.78, 5) is 30.5. The van der Waals surface area contributed by atoms with Crippen LogP contribution in [-0.4, -0.2) is 23.3 Å². The number of benzene rings is 3. The number of ether oxygens (including phenoxy) is 2. The zero-order valence-corrected chi connectivity index (χ0v) is 27.9. The van der Waals surface area contributed by atoms with Crippen LogP contribution in [0, 0.1) is 0 Å². The highest BCUT2D eigenvalue weighted by molar-refractivity contribution is 9.11. The number of hydrogen-bond donors (Lipinski definition) is 0. The van der Waals surface area contributed by atoms with Crippen LogP contribution >= 0.6 is 66.4 Å². The van der Waals surface area contributed by atoms with Gasteiger partial charge in [-0.05, 0) is 76.5 Å². The summed E-state index contributed by atoms with van der Waals surface area (Å²) >= 11 is 19.7. The molecule has 0 saturated heterocycles. The fourth-order valence-electron chi connectivity index (χ4n) is 4.52. The summed E-state index contributed by atoms with van der Waals surface area (Å²) in [7, 11) is 0. The molecule has 0 N–H and O–H groups in total. The molecule has 2 heterocycles. The largest absolute Gasteiger partial charge is 0.487 e. The van der Waals surface area contributed by atoms with E-state index in [-0.39, 0.29) is 28.1 Å². The smallest absolute Gasteiger partial charge is 0.434 e. The molecule has 1 aliphatic heterocycles. The number of esters is 1. The van der Waals surface area contributed by atoms with E-state index < -0.39 is 35.0 Å². The Morgan fingerprint density at radius 1 is 1.07 bits per heavy atom. The van der Waals surface area contributed by atoms with Crippen LogP contribution in [-0.2, 0) is 16.1 Å². The maximum absolute atomic E-state index is 14.4. The van der Waals surface area contributed by atoms with Crippen LogP contribution in [0.1, 0.15) is 29.7 Å². The number of carbonyl (C=O) groups is 1. The topological polar surface area (TPSA) is 69.9 Å². The second-order valence-corrected chi connectivity index (χ2v) is 13.0. The van der Waals surface area contributed by atoms with E-state index in [0.717, 1.165) is 21.5 Å². The van der Waals surface area contributed by atoms with E-state index in [2.05, 4.69) is 36.9 Å². The van der Waals surface area contributed by atoms with E-state index in [9.17, 15) is 22.8 Å². The van der Waals surface area contributed by atoms with Crippen LogP contribution in [0.3, 0.4) is 0 Å². The number of carbonyl (C=O) groups excluding carboxylic acids is 1. The molecule has 228 valence electrons. The monoisotopic (exact) mass is 788 g/mol. The van der Waals surface area contributed by atoms with Gasteiger partial charge < -0.3 is 9.47 Å². The Balaban J connectivity index is 1.71. The quantitative estimate of drug-likeness (QED) is 0.180. The van der Waals surface area contributed by atoms with Crippen LogP contribution in [0.15, 0.2) is 90.7 Å². The molecule has 0 fully saturated rings. The minimum absolute atomic E-state index is 0.0655. The molecule has 0 spiro atoms. The maximum atomic E-state index is 14.4. The van der Waals surface area contributed by atoms with Gasteiger partial charge in [0, 0.05) is 20.1 Å². The van der Waals surface area contributed by atoms with Crippen LogP contribution in [0.25, 0.3) is 6.08 Å². The predicted octanol–water partition coefficient (Wildman–Crippen LogP) is 7.75. The van der Waals surface area contributed by atoms with Gasteiger partial charge in [0.05, 0.1) is 27.2 Å². The van der Waals surface area contributed by atoms with Crippen molar-refractivity contribution in [1.29, 1.82) is 0 Å². The van der Waals surface area contributed by atoms with Crippen molar-refractivity contribution in [3.8, 4) is 5.75 Å². The third-order valence-corrected chi connectivity index (χ3v) is 8.93. The van der Waals surface area contributed by atoms with E-state index >= 15 is 0 Å². The molecule has 3 aromatic carbocycles. The van der Waals surface area contributed by atoms with Crippen molar-refractivity contribution in [2.45, 2.75) is 25.7 Å². The number of nitrogens with zero attached hydrogens (tertiary/aromatic N) is 2. The van der Waals surface area contributed by atoms with Gasteiger partial charge >= 0.3 is 12.1 Å². The van der Waals surface area contributed by atoms with Crippen molar-refractivity contribution >= 4 is 78.4 Å². The molecule has 14 heteroatoms. The molecule has 5 rings (SSSR count). The third kappa shape index (κ3) is 6.84. The summed E-state index contributed by atoms with van der Waals surface area (Å²) in [5, 5.41) is 0.900. The Kier molecular flexibility index (Phi) is 9.76. The highest BCUT2D eigenvalue weighted by atomic mass is 79.9. The van der Waals surface area contributed by atoms with Crippen molar-refractivity contribution in [3.05, 3.63) is 127 Å². The van der Waals surface area contributed by atoms with Crippen molar-refractivity contribution in [2.24, 2.45) is 4.99 Å². The Morgan fingerprint density at radius 2 is 1.70 bits per heavy atom. The van der Waals surface area contributed by atoms with Gasteiger partial charge in [-0.25, -0.2) is 9.79 Å². The summed E-state index contributed by atoms with van der Waals surface area (Å²) in [5.41, 5.74) is -1.35. The normalized spacial score (nSPS) is 15.2. The standard InChI is InChI=1S/C30H19Br2Cl2F3N2O4S/c1-2-42-28(41)23-24(16-5-9-20(34)10-6-16)39-27(40)22(44-29(39)38-26(23)30(35,36)37)12-17-11-18(31)13-21(32)25(17)43-14-15-3-7-19(33)8-4-15/h3-13,24H,2,14H2,1H3/b22-12-/t24-/m1/s1. The third-order valence-electron chi connectivity index (χ3n) is 6.40. The molecule has 0 amide bonds. The highest BCUT2D eigenvalue weighted by Crippen LogP contribution is 2.39. The molecule has 0 saturated carbocycles. The van der Waals surface area contributed by atoms with Gasteiger partial charge in [0.1, 0.15) is 12.4 Å². The van der Waals surface area contributed by atoms with Crippen LogP contribution in [0.5, 0.6) is 5.75 Å². The predicted molar refractivity (Wildman–Crippen MR) is 170 cm³/mol. The lowest BCUT2D eigenvalue weighted by molar-refractivity contribution is -0.140. The number of alkyl halides is 3. The Labute approximate surface area is 279 Å². The van der Waals surface area contributed by atoms with E-state index in [4.69, 9.17) is 32.7 Å². The molecule has 1 atom stereocenters. The van der Waals surface area contributed by atoms with Gasteiger partial charge in [0.25, 0.3) is 5.56 Å². The Hall–Kier alpha value is -2.90. The van der Waals surface area contributed by atoms with Gasteiger partial charge in [-0.15, -0.1) is 0 Å². The zero-order valence-electron chi connectivity index (χ0n) is 22.4. The van der Waals surface area contributed by atoms with E-state index in [0.29, 0.717) is 30.3 Å². The van der Waals surface area contributed by atoms with Crippen LogP contribution < -0.4 is 19.6 Å². The average molecular weight is 791 g/mol. The fourth-order valence-corrected chi connectivity index (χ4v) is 7.13. The minimum atomic E-state index is -5.01. The van der Waals surface area contributed by atoms with Gasteiger partial charge in [0.2, 0.25) is 0 Å². The number of halogens is 7. The SMILES string of the molecule is CCOC(=O)C1=C(C(F)(F)F)N=c2s/c(=C\c3cc(Br)cc(Br)c3OCc3ccc(Cl)cc3)c(=O)n2[C@@H]1c1ccc(Cl)cc1. The number of hydrogen-bond acceptors (Lipinski definition) is 6. The lowest BCUT2D eigenvalue weighted by atomic mass is 9.95. The molecule has 1 aromatic heterocycles. The van der Waals surface area contributed by atoms with Crippen molar-refractivity contribution in [1.82, 2.24) is 4.57 Å². The second kappa shape index (κ2) is 13.2. The zero-order chi connectivity index (χ0) is 31.8. The molecule has 6 nitrogen and oxygen atoms in total. The first-order valence-corrected chi connectivity index (χ1v) is 15.9. The molecule has 0 bridgehead atoms. The maximum Gasteiger partial charge on any atom is 0.434 e. The van der Waals surface area contributed by atoms with Gasteiger partial charge in [-0.3, -0.25) is 9.36 Å². The first-order chi connectivity index (χ1) is 20.9. The Morgan fingerprint density at radius 3 is 2.32 bits per heavy atom. The van der Waals surface area contributed by atoms with Crippen LogP contribution in [0.2, 0.25) is 10.0 Å². The highest BCUT2D eigenvalue weighted by Gasteiger charge is 2.45. The first-order valence-electron chi connectivity index (χ1n) is 12.8. The molecule has 4 aromatic rings. The van der Waals surface area contributed by atoms with Crippen molar-refractivity contribution in [3.63, 3.8) is 0 Å². The van der Waals surface area contributed by atoms with E-state index in [1.165, 1.54) is 37.3 Å². The molecular weight excluding hydrogens is 772 g/mol. The van der Waals surface area contributed by atoms with E-state index in [1.807, 2.05) is 12.1 Å². The lowest BCUT2D eigenvalue weighted by Crippen LogP contribution is -2.41. The average Bonchev–Trinajstić information content (AvgIpc) is 3.27. The number of thiazole rings is 1. The fraction of sp³-hybridized carbons (Fsp3) is 0.167. The van der Waals surface area contributed by atoms with Gasteiger partial charge in [-0.1, -0.05) is 74.7 Å². The summed E-state index contributed by atoms with van der Waals surface area (Å²) in [6.07, 6.45) is -3.50. The summed E-state index contributed by atoms with van der Waals surface area (Å²) in [6, 6.07) is 14.9. The molecule has 0 unspecified atom stereocenters.